The van der Waals surface area contributed by atoms with Gasteiger partial charge in [-0.25, -0.2) is 0 Å². The zero-order valence-corrected chi connectivity index (χ0v) is 8.91. The van der Waals surface area contributed by atoms with Crippen LogP contribution >= 0.6 is 0 Å². The Morgan fingerprint density at radius 1 is 1.00 bits per heavy atom. The maximum atomic E-state index is 9.81. The van der Waals surface area contributed by atoms with E-state index < -0.39 is 0 Å². The van der Waals surface area contributed by atoms with Crippen molar-refractivity contribution in [2.45, 2.75) is 0 Å². The Bertz CT molecular complexity index is 54.5. The van der Waals surface area contributed by atoms with Gasteiger partial charge in [0, 0.05) is 6.61 Å². The predicted octanol–water partition coefficient (Wildman–Crippen LogP) is -4.62. The summed E-state index contributed by atoms with van der Waals surface area (Å²) < 4.78 is 9.66. The minimum absolute atomic E-state index is 0. The largest absolute Gasteiger partial charge is 1.00 e. The molecule has 11 heavy (non-hydrogen) atoms. The molecule has 1 N–H and O–H groups in total. The molecule has 0 aromatic carbocycles. The molecule has 0 fully saturated rings. The summed E-state index contributed by atoms with van der Waals surface area (Å²) in [6, 6.07) is 0. The molecule has 0 aliphatic heterocycles. The van der Waals surface area contributed by atoms with Gasteiger partial charge in [0.15, 0.2) is 0 Å². The number of ether oxygens (including phenoxy) is 2. The first-order valence-corrected chi connectivity index (χ1v) is 3.26. The molecule has 0 aromatic heterocycles. The maximum absolute atomic E-state index is 9.81. The van der Waals surface area contributed by atoms with E-state index in [9.17, 15) is 5.11 Å². The fourth-order valence-corrected chi connectivity index (χ4v) is 0.445. The second-order valence-electron chi connectivity index (χ2n) is 1.65. The average molecular weight is 172 g/mol. The van der Waals surface area contributed by atoms with Crippen molar-refractivity contribution in [3.8, 4) is 0 Å². The van der Waals surface area contributed by atoms with Gasteiger partial charge >= 0.3 is 29.6 Å². The number of aliphatic hydroxyl groups is 1. The van der Waals surface area contributed by atoms with Crippen molar-refractivity contribution in [1.29, 1.82) is 0 Å². The van der Waals surface area contributed by atoms with E-state index >= 15 is 0 Å². The zero-order chi connectivity index (χ0) is 7.66. The molecule has 4 nitrogen and oxygen atoms in total. The van der Waals surface area contributed by atoms with E-state index in [1.165, 1.54) is 0 Å². The molecule has 0 aliphatic carbocycles. The van der Waals surface area contributed by atoms with Crippen LogP contribution in [0.1, 0.15) is 0 Å². The molecule has 0 heterocycles. The molecule has 0 aliphatic rings. The summed E-state index contributed by atoms with van der Waals surface area (Å²) in [5.41, 5.74) is 0. The van der Waals surface area contributed by atoms with E-state index in [0.717, 1.165) is 0 Å². The van der Waals surface area contributed by atoms with Crippen LogP contribution in [0, 0.1) is 0 Å². The molecule has 0 spiro atoms. The van der Waals surface area contributed by atoms with Gasteiger partial charge in [0.2, 0.25) is 0 Å². The van der Waals surface area contributed by atoms with Crippen LogP contribution in [0.2, 0.25) is 0 Å². The molecule has 0 aromatic rings. The monoisotopic (exact) mass is 172 g/mol. The number of aliphatic hydroxyl groups excluding tert-OH is 1. The van der Waals surface area contributed by atoms with Crippen LogP contribution < -0.4 is 34.7 Å². The van der Waals surface area contributed by atoms with Gasteiger partial charge in [-0.05, 0) is 0 Å². The second kappa shape index (κ2) is 13.4. The van der Waals surface area contributed by atoms with Gasteiger partial charge in [-0.15, -0.1) is 6.61 Å². The van der Waals surface area contributed by atoms with Crippen LogP contribution in [-0.4, -0.2) is 44.7 Å². The maximum Gasteiger partial charge on any atom is 1.00 e. The van der Waals surface area contributed by atoms with Gasteiger partial charge in [0.1, 0.15) is 0 Å². The number of rotatable bonds is 7. The normalized spacial score (nSPS) is 9.27. The van der Waals surface area contributed by atoms with E-state index in [1.807, 2.05) is 0 Å². The Hall–Kier alpha value is 0.840. The molecule has 0 unspecified atom stereocenters. The Balaban J connectivity index is 0. The van der Waals surface area contributed by atoms with Crippen molar-refractivity contribution in [1.82, 2.24) is 0 Å². The molecule has 0 amide bonds. The molecule has 0 radical (unpaired) electrons. The summed E-state index contributed by atoms with van der Waals surface area (Å²) in [6.07, 6.45) is 0. The molecular formula is C6H13NaO4. The molecule has 0 rings (SSSR count). The predicted molar refractivity (Wildman–Crippen MR) is 33.6 cm³/mol. The van der Waals surface area contributed by atoms with Crippen LogP contribution in [-0.2, 0) is 9.47 Å². The number of hydrogen-bond donors (Lipinski definition) is 1. The SMILES string of the molecule is [Na+].[O-]CCOCCOCCO. The molecule has 0 atom stereocenters. The van der Waals surface area contributed by atoms with Crippen molar-refractivity contribution >= 4 is 0 Å². The fraction of sp³-hybridized carbons (Fsp3) is 1.00. The van der Waals surface area contributed by atoms with Crippen LogP contribution in [0.4, 0.5) is 0 Å². The van der Waals surface area contributed by atoms with Crippen LogP contribution in [0.25, 0.3) is 0 Å². The summed E-state index contributed by atoms with van der Waals surface area (Å²) in [5, 5.41) is 18.1. The van der Waals surface area contributed by atoms with Crippen molar-refractivity contribution in [2.24, 2.45) is 0 Å². The Labute approximate surface area is 88.8 Å². The van der Waals surface area contributed by atoms with Crippen LogP contribution in [0.15, 0.2) is 0 Å². The van der Waals surface area contributed by atoms with Crippen LogP contribution in [0.5, 0.6) is 0 Å². The fourth-order valence-electron chi connectivity index (χ4n) is 0.445. The van der Waals surface area contributed by atoms with Gasteiger partial charge in [-0.2, -0.15) is 0 Å². The molecular weight excluding hydrogens is 159 g/mol. The van der Waals surface area contributed by atoms with Crippen molar-refractivity contribution in [3.05, 3.63) is 0 Å². The summed E-state index contributed by atoms with van der Waals surface area (Å²) in [7, 11) is 0. The topological polar surface area (TPSA) is 61.8 Å². The second-order valence-corrected chi connectivity index (χ2v) is 1.65. The van der Waals surface area contributed by atoms with Gasteiger partial charge in [0.25, 0.3) is 0 Å². The van der Waals surface area contributed by atoms with E-state index in [4.69, 9.17) is 14.6 Å². The smallest absolute Gasteiger partial charge is 0.853 e. The van der Waals surface area contributed by atoms with Gasteiger partial charge < -0.3 is 19.7 Å². The summed E-state index contributed by atoms with van der Waals surface area (Å²) in [4.78, 5) is 0. The molecule has 0 saturated heterocycles. The molecule has 0 bridgehead atoms. The van der Waals surface area contributed by atoms with Crippen molar-refractivity contribution in [3.63, 3.8) is 0 Å². The summed E-state index contributed by atoms with van der Waals surface area (Å²) in [5.74, 6) is 0. The van der Waals surface area contributed by atoms with Crippen molar-refractivity contribution in [2.75, 3.05) is 39.6 Å². The minimum Gasteiger partial charge on any atom is -0.853 e. The van der Waals surface area contributed by atoms with E-state index in [0.29, 0.717) is 19.8 Å². The van der Waals surface area contributed by atoms with Crippen LogP contribution in [0.3, 0.4) is 0 Å². The Morgan fingerprint density at radius 3 is 2.00 bits per heavy atom. The minimum atomic E-state index is -0.208. The van der Waals surface area contributed by atoms with E-state index in [1.54, 1.807) is 0 Å². The quantitative estimate of drug-likeness (QED) is 0.310. The van der Waals surface area contributed by atoms with Gasteiger partial charge in [-0.1, -0.05) is 0 Å². The Kier molecular flexibility index (Phi) is 17.5. The molecule has 5 heteroatoms. The third-order valence-electron chi connectivity index (χ3n) is 0.835. The van der Waals surface area contributed by atoms with E-state index in [2.05, 4.69) is 0 Å². The first kappa shape index (κ1) is 14.4. The first-order chi connectivity index (χ1) is 4.91. The zero-order valence-electron chi connectivity index (χ0n) is 6.91. The van der Waals surface area contributed by atoms with Gasteiger partial charge in [-0.3, -0.25) is 0 Å². The molecule has 62 valence electrons. The summed E-state index contributed by atoms with van der Waals surface area (Å²) >= 11 is 0. The number of hydrogen-bond acceptors (Lipinski definition) is 4. The Morgan fingerprint density at radius 2 is 1.55 bits per heavy atom. The van der Waals surface area contributed by atoms with E-state index in [-0.39, 0.29) is 49.4 Å². The van der Waals surface area contributed by atoms with Crippen molar-refractivity contribution < 1.29 is 49.2 Å². The first-order valence-electron chi connectivity index (χ1n) is 3.26. The standard InChI is InChI=1S/C6H13O4.Na/c7-1-3-9-5-6-10-4-2-8;/h7H,1-6H2;/q-1;+1. The third-order valence-corrected chi connectivity index (χ3v) is 0.835. The summed E-state index contributed by atoms with van der Waals surface area (Å²) in [6.45, 7) is 1.27. The average Bonchev–Trinajstić information content (AvgIpc) is 1.97. The third kappa shape index (κ3) is 13.8. The van der Waals surface area contributed by atoms with Gasteiger partial charge in [0.05, 0.1) is 26.4 Å². The molecule has 0 saturated carbocycles.